The molecule has 2 aliphatic heterocycles. The van der Waals surface area contributed by atoms with Gasteiger partial charge in [-0.25, -0.2) is 8.42 Å². The summed E-state index contributed by atoms with van der Waals surface area (Å²) in [6, 6.07) is 6.85. The summed E-state index contributed by atoms with van der Waals surface area (Å²) in [4.78, 5) is 0.322. The second kappa shape index (κ2) is 7.31. The van der Waals surface area contributed by atoms with E-state index in [-0.39, 0.29) is 6.10 Å². The highest BCUT2D eigenvalue weighted by Gasteiger charge is 2.29. The summed E-state index contributed by atoms with van der Waals surface area (Å²) in [7, 11) is -3.17. The minimum atomic E-state index is -3.17. The van der Waals surface area contributed by atoms with Gasteiger partial charge >= 0.3 is 11.6 Å². The van der Waals surface area contributed by atoms with E-state index in [0.29, 0.717) is 29.1 Å². The van der Waals surface area contributed by atoms with Gasteiger partial charge in [0.2, 0.25) is 0 Å². The fourth-order valence-corrected chi connectivity index (χ4v) is 4.84. The van der Waals surface area contributed by atoms with Gasteiger partial charge in [-0.3, -0.25) is 5.32 Å². The van der Waals surface area contributed by atoms with Crippen molar-refractivity contribution in [1.29, 1.82) is 0 Å². The summed E-state index contributed by atoms with van der Waals surface area (Å²) < 4.78 is 33.8. The van der Waals surface area contributed by atoms with E-state index in [9.17, 15) is 8.42 Å². The molecule has 1 aromatic carbocycles. The highest BCUT2D eigenvalue weighted by Crippen LogP contribution is 2.29. The van der Waals surface area contributed by atoms with Crippen LogP contribution in [-0.2, 0) is 14.6 Å². The van der Waals surface area contributed by atoms with E-state index < -0.39 is 9.84 Å². The number of hydrogen-bond donors (Lipinski definition) is 1. The third-order valence-electron chi connectivity index (χ3n) is 4.25. The zero-order valence-corrected chi connectivity index (χ0v) is 15.6. The first kappa shape index (κ1) is 17.5. The summed E-state index contributed by atoms with van der Waals surface area (Å²) in [6.07, 6.45) is 3.84. The maximum absolute atomic E-state index is 11.6. The lowest BCUT2D eigenvalue weighted by atomic mass is 10.1. The molecule has 7 heteroatoms. The molecule has 0 spiro atoms. The zero-order chi connectivity index (χ0) is 17.2. The van der Waals surface area contributed by atoms with Gasteiger partial charge in [-0.15, -0.1) is 0 Å². The molecule has 24 heavy (non-hydrogen) atoms. The fourth-order valence-electron chi connectivity index (χ4n) is 2.91. The van der Waals surface area contributed by atoms with Crippen LogP contribution in [0.3, 0.4) is 0 Å². The Kier molecular flexibility index (Phi) is 5.35. The van der Waals surface area contributed by atoms with Crippen molar-refractivity contribution in [3.63, 3.8) is 0 Å². The Morgan fingerprint density at radius 3 is 2.67 bits per heavy atom. The first-order valence-electron chi connectivity index (χ1n) is 8.16. The van der Waals surface area contributed by atoms with Crippen molar-refractivity contribution in [1.82, 2.24) is 9.98 Å². The lowest BCUT2D eigenvalue weighted by Crippen LogP contribution is -2.40. The lowest BCUT2D eigenvalue weighted by Gasteiger charge is -2.17. The largest absolute Gasteiger partial charge is 0.476 e. The Balaban J connectivity index is 1.79. The molecule has 1 fully saturated rings. The summed E-state index contributed by atoms with van der Waals surface area (Å²) in [5, 5.41) is 3.85. The van der Waals surface area contributed by atoms with Crippen LogP contribution in [-0.4, -0.2) is 56.5 Å². The number of nitrogens with one attached hydrogen (secondary N) is 1. The molecule has 0 radical (unpaired) electrons. The van der Waals surface area contributed by atoms with Gasteiger partial charge in [-0.2, -0.15) is 11.8 Å². The van der Waals surface area contributed by atoms with Crippen LogP contribution in [0.4, 0.5) is 0 Å². The van der Waals surface area contributed by atoms with Crippen LogP contribution in [0.15, 0.2) is 29.2 Å². The number of sulfone groups is 1. The Labute approximate surface area is 147 Å². The number of ether oxygens (including phenoxy) is 1. The number of benzene rings is 1. The van der Waals surface area contributed by atoms with Crippen molar-refractivity contribution in [3.05, 3.63) is 29.8 Å². The van der Waals surface area contributed by atoms with Gasteiger partial charge in [-0.05, 0) is 54.5 Å². The molecule has 2 atom stereocenters. The zero-order valence-electron chi connectivity index (χ0n) is 14.0. The van der Waals surface area contributed by atoms with Crippen molar-refractivity contribution in [3.8, 4) is 0 Å². The van der Waals surface area contributed by atoms with E-state index in [4.69, 9.17) is 4.74 Å². The van der Waals surface area contributed by atoms with Crippen LogP contribution < -0.4 is 9.98 Å². The maximum atomic E-state index is 11.6. The molecular weight excluding hydrogens is 344 g/mol. The van der Waals surface area contributed by atoms with Gasteiger partial charge < -0.3 is 4.74 Å². The minimum absolute atomic E-state index is 0.157. The molecule has 3 rings (SSSR count). The van der Waals surface area contributed by atoms with Gasteiger partial charge in [0.05, 0.1) is 10.5 Å². The van der Waals surface area contributed by atoms with Gasteiger partial charge in [0, 0.05) is 11.5 Å². The molecule has 0 bridgehead atoms. The van der Waals surface area contributed by atoms with Crippen LogP contribution in [0.25, 0.3) is 0 Å². The molecule has 1 N–H and O–H groups in total. The quantitative estimate of drug-likeness (QED) is 0.811. The topological polar surface area (TPSA) is 69.5 Å². The Bertz CT molecular complexity index is 760. The predicted octanol–water partition coefficient (Wildman–Crippen LogP) is 1.25. The Hall–Kier alpha value is -1.27. The number of thioether (sulfide) groups is 1. The Morgan fingerprint density at radius 1 is 1.29 bits per heavy atom. The van der Waals surface area contributed by atoms with Crippen LogP contribution in [0.5, 0.6) is 0 Å². The first-order valence-corrected chi connectivity index (χ1v) is 11.1. The Morgan fingerprint density at radius 2 is 2.04 bits per heavy atom. The van der Waals surface area contributed by atoms with Crippen LogP contribution >= 0.6 is 11.8 Å². The van der Waals surface area contributed by atoms with E-state index in [1.54, 1.807) is 24.3 Å². The molecule has 1 unspecified atom stereocenters. The predicted molar refractivity (Wildman–Crippen MR) is 99.7 cm³/mol. The molecular formula is C17H23N2O3S2+. The third kappa shape index (κ3) is 4.22. The van der Waals surface area contributed by atoms with E-state index in [0.717, 1.165) is 11.3 Å². The highest BCUT2D eigenvalue weighted by molar-refractivity contribution is 8.00. The van der Waals surface area contributed by atoms with Gasteiger partial charge in [-0.1, -0.05) is 0 Å². The molecule has 0 saturated carbocycles. The molecule has 0 aliphatic carbocycles. The monoisotopic (exact) mass is 367 g/mol. The molecule has 0 aromatic heterocycles. The molecule has 130 valence electrons. The number of hydrogen-bond acceptors (Lipinski definition) is 5. The number of rotatable bonds is 4. The lowest BCUT2D eigenvalue weighted by molar-refractivity contribution is 0.197. The third-order valence-corrected chi connectivity index (χ3v) is 6.95. The first-order chi connectivity index (χ1) is 11.4. The van der Waals surface area contributed by atoms with E-state index in [2.05, 4.69) is 16.9 Å². The SMILES string of the molecule is C[C@@H](OC1=[N+]=C(c2ccc(S(C)(=O)=O)cc2)CNC1)C1CCCS1. The van der Waals surface area contributed by atoms with Crippen molar-refractivity contribution in [2.24, 2.45) is 0 Å². The second-order valence-electron chi connectivity index (χ2n) is 6.23. The van der Waals surface area contributed by atoms with Crippen molar-refractivity contribution in [2.75, 3.05) is 25.1 Å². The summed E-state index contributed by atoms with van der Waals surface area (Å²) >= 11 is 1.98. The molecule has 5 nitrogen and oxygen atoms in total. The highest BCUT2D eigenvalue weighted by atomic mass is 32.2. The summed E-state index contributed by atoms with van der Waals surface area (Å²) in [5.41, 5.74) is 1.79. The van der Waals surface area contributed by atoms with Crippen LogP contribution in [0.1, 0.15) is 25.3 Å². The molecule has 2 aliphatic rings. The average molecular weight is 368 g/mol. The van der Waals surface area contributed by atoms with Crippen molar-refractivity contribution >= 4 is 33.2 Å². The van der Waals surface area contributed by atoms with Gasteiger partial charge in [0.25, 0.3) is 0 Å². The molecule has 2 heterocycles. The molecule has 1 aromatic rings. The van der Waals surface area contributed by atoms with Crippen molar-refractivity contribution in [2.45, 2.75) is 36.0 Å². The van der Waals surface area contributed by atoms with Crippen LogP contribution in [0, 0.1) is 0 Å². The standard InChI is InChI=1S/C17H23N2O3S2/c1-12(16-4-3-9-23-16)22-17-11-18-10-15(19-17)13-5-7-14(8-6-13)24(2,20)21/h5-8,12,16,18H,3-4,9-11H2,1-2H3/q+1/t12-,16?/m1/s1. The number of nitrogens with zero attached hydrogens (tertiary/aromatic N) is 1. The maximum Gasteiger partial charge on any atom is 0.476 e. The molecule has 0 amide bonds. The second-order valence-corrected chi connectivity index (χ2v) is 9.59. The summed E-state index contributed by atoms with van der Waals surface area (Å²) in [6.45, 7) is 3.39. The summed E-state index contributed by atoms with van der Waals surface area (Å²) in [5.74, 6) is 1.93. The van der Waals surface area contributed by atoms with E-state index in [1.807, 2.05) is 11.8 Å². The van der Waals surface area contributed by atoms with Crippen LogP contribution in [0.2, 0.25) is 0 Å². The van der Waals surface area contributed by atoms with Gasteiger partial charge in [0.15, 0.2) is 9.84 Å². The smallest absolute Gasteiger partial charge is 0.430 e. The average Bonchev–Trinajstić information content (AvgIpc) is 3.09. The molecule has 1 saturated heterocycles. The van der Waals surface area contributed by atoms with E-state index in [1.165, 1.54) is 24.9 Å². The normalized spacial score (nSPS) is 22.7. The van der Waals surface area contributed by atoms with Crippen molar-refractivity contribution < 1.29 is 13.2 Å². The minimum Gasteiger partial charge on any atom is -0.430 e. The fraction of sp³-hybridized carbons (Fsp3) is 0.529. The van der Waals surface area contributed by atoms with Gasteiger partial charge in [0.1, 0.15) is 19.2 Å². The van der Waals surface area contributed by atoms with E-state index >= 15 is 0 Å².